The monoisotopic (exact) mass is 431 g/mol. The van der Waals surface area contributed by atoms with Crippen molar-refractivity contribution in [3.05, 3.63) is 68.7 Å². The third-order valence-corrected chi connectivity index (χ3v) is 4.65. The van der Waals surface area contributed by atoms with Crippen LogP contribution < -0.4 is 5.32 Å². The van der Waals surface area contributed by atoms with Crippen molar-refractivity contribution in [2.45, 2.75) is 13.0 Å². The first-order valence-corrected chi connectivity index (χ1v) is 8.96. The molecular weight excluding hydrogens is 418 g/mol. The highest BCUT2D eigenvalue weighted by Gasteiger charge is 2.41. The summed E-state index contributed by atoms with van der Waals surface area (Å²) in [5.74, 6) is -2.98. The Morgan fingerprint density at radius 1 is 1.17 bits per heavy atom. The molecule has 1 unspecified atom stereocenters. The average Bonchev–Trinajstić information content (AvgIpc) is 2.97. The van der Waals surface area contributed by atoms with Crippen molar-refractivity contribution in [2.75, 3.05) is 11.9 Å². The van der Waals surface area contributed by atoms with Gasteiger partial charge in [0.2, 0.25) is 0 Å². The zero-order valence-electron chi connectivity index (χ0n) is 15.5. The van der Waals surface area contributed by atoms with Gasteiger partial charge in [-0.1, -0.05) is 23.7 Å². The van der Waals surface area contributed by atoms with Crippen molar-refractivity contribution in [2.24, 2.45) is 0 Å². The number of nitro benzene ring substituents is 1. The van der Waals surface area contributed by atoms with Crippen LogP contribution in [0.3, 0.4) is 0 Å². The minimum atomic E-state index is -1.25. The quantitative estimate of drug-likeness (QED) is 0.321. The first-order valence-electron chi connectivity index (χ1n) is 8.58. The predicted octanol–water partition coefficient (Wildman–Crippen LogP) is 2.41. The highest BCUT2D eigenvalue weighted by atomic mass is 35.5. The number of nitro groups is 1. The van der Waals surface area contributed by atoms with E-state index in [4.69, 9.17) is 16.3 Å². The number of nitrogens with one attached hydrogen (secondary N) is 1. The Hall–Kier alpha value is -3.79. The molecule has 2 aromatic carbocycles. The summed E-state index contributed by atoms with van der Waals surface area (Å²) in [6.07, 6.45) is 0. The lowest BCUT2D eigenvalue weighted by atomic mass is 10.1. The Bertz CT molecular complexity index is 1050. The van der Waals surface area contributed by atoms with Crippen molar-refractivity contribution in [1.29, 1.82) is 0 Å². The summed E-state index contributed by atoms with van der Waals surface area (Å²) in [7, 11) is 0. The van der Waals surface area contributed by atoms with Crippen molar-refractivity contribution < 1.29 is 28.8 Å². The lowest BCUT2D eigenvalue weighted by molar-refractivity contribution is -0.384. The lowest BCUT2D eigenvalue weighted by Gasteiger charge is -2.20. The number of esters is 1. The van der Waals surface area contributed by atoms with E-state index in [9.17, 15) is 29.3 Å². The molecule has 1 aliphatic heterocycles. The molecule has 1 aliphatic rings. The molecule has 30 heavy (non-hydrogen) atoms. The number of hydrogen-bond acceptors (Lipinski definition) is 7. The van der Waals surface area contributed by atoms with Crippen LogP contribution in [0.5, 0.6) is 0 Å². The van der Waals surface area contributed by atoms with Crippen LogP contribution in [0.15, 0.2) is 42.5 Å². The van der Waals surface area contributed by atoms with Gasteiger partial charge in [-0.3, -0.25) is 29.4 Å². The lowest BCUT2D eigenvalue weighted by Crippen LogP contribution is -2.44. The Kier molecular flexibility index (Phi) is 5.79. The molecule has 0 aromatic heterocycles. The molecule has 0 saturated heterocycles. The maximum absolute atomic E-state index is 12.4. The van der Waals surface area contributed by atoms with Crippen LogP contribution in [0.4, 0.5) is 11.4 Å². The zero-order chi connectivity index (χ0) is 22.0. The molecule has 0 bridgehead atoms. The van der Waals surface area contributed by atoms with Gasteiger partial charge in [0, 0.05) is 11.8 Å². The molecule has 0 saturated carbocycles. The van der Waals surface area contributed by atoms with Crippen molar-refractivity contribution in [1.82, 2.24) is 4.90 Å². The van der Waals surface area contributed by atoms with E-state index in [0.717, 1.165) is 11.0 Å². The zero-order valence-corrected chi connectivity index (χ0v) is 16.2. The number of ether oxygens (including phenoxy) is 1. The van der Waals surface area contributed by atoms with Gasteiger partial charge < -0.3 is 10.1 Å². The van der Waals surface area contributed by atoms with E-state index in [1.165, 1.54) is 31.2 Å². The molecule has 1 heterocycles. The van der Waals surface area contributed by atoms with Gasteiger partial charge in [0.1, 0.15) is 11.1 Å². The van der Waals surface area contributed by atoms with Crippen LogP contribution in [-0.4, -0.2) is 46.2 Å². The third-order valence-electron chi connectivity index (χ3n) is 4.33. The standard InChI is InChI=1S/C19H14ClN3O7/c1-10(22-17(25)12-4-2-3-5-13(12)18(22)26)19(27)30-9-16(24)21-11-6-7-14(20)15(8-11)23(28)29/h2-8,10H,9H2,1H3,(H,21,24). The molecule has 2 aromatic rings. The van der Waals surface area contributed by atoms with Gasteiger partial charge in [-0.2, -0.15) is 0 Å². The summed E-state index contributed by atoms with van der Waals surface area (Å²) in [4.78, 5) is 60.0. The smallest absolute Gasteiger partial charge is 0.329 e. The fourth-order valence-corrected chi connectivity index (χ4v) is 3.04. The average molecular weight is 432 g/mol. The minimum Gasteiger partial charge on any atom is -0.454 e. The Balaban J connectivity index is 1.60. The number of anilines is 1. The molecule has 154 valence electrons. The van der Waals surface area contributed by atoms with Crippen LogP contribution >= 0.6 is 11.6 Å². The number of benzene rings is 2. The van der Waals surface area contributed by atoms with Crippen LogP contribution in [0.25, 0.3) is 0 Å². The summed E-state index contributed by atoms with van der Waals surface area (Å²) in [5.41, 5.74) is 0.0553. The molecule has 11 heteroatoms. The molecular formula is C19H14ClN3O7. The molecule has 3 rings (SSSR count). The molecule has 1 N–H and O–H groups in total. The van der Waals surface area contributed by atoms with E-state index in [0.29, 0.717) is 0 Å². The van der Waals surface area contributed by atoms with Crippen molar-refractivity contribution in [3.63, 3.8) is 0 Å². The summed E-state index contributed by atoms with van der Waals surface area (Å²) in [5, 5.41) is 13.1. The predicted molar refractivity (Wildman–Crippen MR) is 104 cm³/mol. The SMILES string of the molecule is CC(C(=O)OCC(=O)Nc1ccc(Cl)c([N+](=O)[O-])c1)N1C(=O)c2ccccc2C1=O. The maximum atomic E-state index is 12.4. The topological polar surface area (TPSA) is 136 Å². The number of halogens is 1. The number of carbonyl (C=O) groups is 4. The van der Waals surface area contributed by atoms with E-state index >= 15 is 0 Å². The van der Waals surface area contributed by atoms with Gasteiger partial charge in [-0.15, -0.1) is 0 Å². The number of hydrogen-bond donors (Lipinski definition) is 1. The van der Waals surface area contributed by atoms with Crippen LogP contribution in [0.2, 0.25) is 5.02 Å². The maximum Gasteiger partial charge on any atom is 0.329 e. The Morgan fingerprint density at radius 3 is 2.33 bits per heavy atom. The van der Waals surface area contributed by atoms with Gasteiger partial charge in [0.05, 0.1) is 16.1 Å². The number of rotatable bonds is 6. The van der Waals surface area contributed by atoms with Gasteiger partial charge >= 0.3 is 5.97 Å². The minimum absolute atomic E-state index is 0.0838. The van der Waals surface area contributed by atoms with E-state index < -0.39 is 47.0 Å². The van der Waals surface area contributed by atoms with E-state index in [2.05, 4.69) is 5.32 Å². The number of nitrogens with zero attached hydrogens (tertiary/aromatic N) is 2. The molecule has 3 amide bonds. The highest BCUT2D eigenvalue weighted by molar-refractivity contribution is 6.32. The first-order chi connectivity index (χ1) is 14.2. The summed E-state index contributed by atoms with van der Waals surface area (Å²) < 4.78 is 4.89. The van der Waals surface area contributed by atoms with Crippen LogP contribution in [-0.2, 0) is 14.3 Å². The van der Waals surface area contributed by atoms with Crippen molar-refractivity contribution >= 4 is 46.7 Å². The van der Waals surface area contributed by atoms with Crippen molar-refractivity contribution in [3.8, 4) is 0 Å². The van der Waals surface area contributed by atoms with Gasteiger partial charge in [0.15, 0.2) is 6.61 Å². The second-order valence-corrected chi connectivity index (χ2v) is 6.69. The molecule has 0 spiro atoms. The number of imide groups is 1. The molecule has 1 atom stereocenters. The highest BCUT2D eigenvalue weighted by Crippen LogP contribution is 2.27. The number of carbonyl (C=O) groups excluding carboxylic acids is 4. The van der Waals surface area contributed by atoms with Gasteiger partial charge in [0.25, 0.3) is 23.4 Å². The largest absolute Gasteiger partial charge is 0.454 e. The number of amides is 3. The van der Waals surface area contributed by atoms with Gasteiger partial charge in [-0.05, 0) is 31.2 Å². The third kappa shape index (κ3) is 3.98. The second kappa shape index (κ2) is 8.29. The summed E-state index contributed by atoms with van der Waals surface area (Å²) >= 11 is 5.70. The fraction of sp³-hybridized carbons (Fsp3) is 0.158. The Morgan fingerprint density at radius 2 is 1.77 bits per heavy atom. The second-order valence-electron chi connectivity index (χ2n) is 6.28. The molecule has 0 aliphatic carbocycles. The summed E-state index contributed by atoms with van der Waals surface area (Å²) in [6.45, 7) is 0.591. The van der Waals surface area contributed by atoms with E-state index in [1.54, 1.807) is 12.1 Å². The normalized spacial score (nSPS) is 13.6. The van der Waals surface area contributed by atoms with Gasteiger partial charge in [-0.25, -0.2) is 4.79 Å². The van der Waals surface area contributed by atoms with E-state index in [-0.39, 0.29) is 21.8 Å². The van der Waals surface area contributed by atoms with Crippen LogP contribution in [0.1, 0.15) is 27.6 Å². The fourth-order valence-electron chi connectivity index (χ4n) is 2.85. The molecule has 0 radical (unpaired) electrons. The van der Waals surface area contributed by atoms with Crippen LogP contribution in [0, 0.1) is 10.1 Å². The van der Waals surface area contributed by atoms with E-state index in [1.807, 2.05) is 0 Å². The molecule has 0 fully saturated rings. The first kappa shape index (κ1) is 20.9. The molecule has 10 nitrogen and oxygen atoms in total. The Labute approximate surface area is 174 Å². The summed E-state index contributed by atoms with van der Waals surface area (Å²) in [6, 6.07) is 8.55. The number of fused-ring (bicyclic) bond motifs is 1.